The highest BCUT2D eigenvalue weighted by atomic mass is 16.3. The Bertz CT molecular complexity index is 589. The predicted molar refractivity (Wildman–Crippen MR) is 73.3 cm³/mol. The van der Waals surface area contributed by atoms with Crippen molar-refractivity contribution >= 4 is 17.0 Å². The minimum absolute atomic E-state index is 0.0349. The molecule has 0 bridgehead atoms. The fourth-order valence-electron chi connectivity index (χ4n) is 1.95. The minimum Gasteiger partial charge on any atom is -0.443 e. The van der Waals surface area contributed by atoms with Crippen molar-refractivity contribution in [2.24, 2.45) is 11.1 Å². The Morgan fingerprint density at radius 1 is 1.47 bits per heavy atom. The number of fused-ring (bicyclic) bond motifs is 1. The first-order valence-electron chi connectivity index (χ1n) is 6.22. The third kappa shape index (κ3) is 2.76. The van der Waals surface area contributed by atoms with Crippen LogP contribution in [0.15, 0.2) is 29.0 Å². The fraction of sp³-hybridized carbons (Fsp3) is 0.429. The molecule has 1 heterocycles. The molecule has 1 aromatic carbocycles. The number of nitrogens with zero attached hydrogens (tertiary/aromatic N) is 2. The summed E-state index contributed by atoms with van der Waals surface area (Å²) in [5.41, 5.74) is 7.65. The van der Waals surface area contributed by atoms with E-state index in [0.717, 1.165) is 16.7 Å². The van der Waals surface area contributed by atoms with Gasteiger partial charge in [-0.1, -0.05) is 6.07 Å². The van der Waals surface area contributed by atoms with E-state index < -0.39 is 5.41 Å². The number of hydrogen-bond donors (Lipinski definition) is 1. The van der Waals surface area contributed by atoms with E-state index in [4.69, 9.17) is 10.2 Å². The second-order valence-electron chi connectivity index (χ2n) is 5.40. The average Bonchev–Trinajstić information content (AvgIpc) is 2.85. The second-order valence-corrected chi connectivity index (χ2v) is 5.40. The van der Waals surface area contributed by atoms with Crippen molar-refractivity contribution < 1.29 is 9.21 Å². The van der Waals surface area contributed by atoms with Crippen LogP contribution in [0, 0.1) is 5.41 Å². The molecular weight excluding hydrogens is 242 g/mol. The van der Waals surface area contributed by atoms with E-state index in [-0.39, 0.29) is 5.91 Å². The van der Waals surface area contributed by atoms with Gasteiger partial charge in [0.2, 0.25) is 5.91 Å². The number of benzene rings is 1. The summed E-state index contributed by atoms with van der Waals surface area (Å²) in [7, 11) is 1.78. The van der Waals surface area contributed by atoms with Crippen LogP contribution in [0.1, 0.15) is 19.4 Å². The lowest BCUT2D eigenvalue weighted by atomic mass is 9.92. The summed E-state index contributed by atoms with van der Waals surface area (Å²) >= 11 is 0. The molecule has 0 fully saturated rings. The van der Waals surface area contributed by atoms with Crippen LogP contribution in [-0.4, -0.2) is 29.4 Å². The van der Waals surface area contributed by atoms with Crippen LogP contribution in [0.4, 0.5) is 0 Å². The maximum atomic E-state index is 12.2. The smallest absolute Gasteiger partial charge is 0.229 e. The number of aromatic nitrogens is 1. The molecule has 0 radical (unpaired) electrons. The molecule has 5 heteroatoms. The quantitative estimate of drug-likeness (QED) is 0.910. The van der Waals surface area contributed by atoms with Gasteiger partial charge >= 0.3 is 0 Å². The van der Waals surface area contributed by atoms with Crippen molar-refractivity contribution in [2.45, 2.75) is 20.4 Å². The van der Waals surface area contributed by atoms with Crippen molar-refractivity contribution in [1.29, 1.82) is 0 Å². The van der Waals surface area contributed by atoms with Crippen molar-refractivity contribution in [2.75, 3.05) is 13.6 Å². The van der Waals surface area contributed by atoms with Crippen molar-refractivity contribution in [3.63, 3.8) is 0 Å². The highest BCUT2D eigenvalue weighted by molar-refractivity contribution is 5.82. The van der Waals surface area contributed by atoms with Crippen LogP contribution in [0.2, 0.25) is 0 Å². The summed E-state index contributed by atoms with van der Waals surface area (Å²) in [5.74, 6) is 0.0349. The molecule has 2 aromatic rings. The standard InChI is InChI=1S/C14H19N3O2/c1-14(2,8-15)13(18)17(3)7-10-4-5-11-12(6-10)19-9-16-11/h4-6,9H,7-8,15H2,1-3H3. The lowest BCUT2D eigenvalue weighted by Crippen LogP contribution is -2.42. The zero-order valence-corrected chi connectivity index (χ0v) is 11.5. The summed E-state index contributed by atoms with van der Waals surface area (Å²) < 4.78 is 5.25. The molecule has 19 heavy (non-hydrogen) atoms. The number of nitrogens with two attached hydrogens (primary N) is 1. The number of carbonyl (C=O) groups excluding carboxylic acids is 1. The molecule has 2 rings (SSSR count). The molecule has 0 aliphatic heterocycles. The van der Waals surface area contributed by atoms with Gasteiger partial charge in [0.25, 0.3) is 0 Å². The first-order valence-corrected chi connectivity index (χ1v) is 6.22. The summed E-state index contributed by atoms with van der Waals surface area (Å²) in [6.45, 7) is 4.56. The van der Waals surface area contributed by atoms with Gasteiger partial charge in [-0.05, 0) is 31.5 Å². The molecule has 102 valence electrons. The molecule has 1 aromatic heterocycles. The van der Waals surface area contributed by atoms with Crippen LogP contribution in [0.5, 0.6) is 0 Å². The summed E-state index contributed by atoms with van der Waals surface area (Å²) in [6.07, 6.45) is 1.42. The van der Waals surface area contributed by atoms with Crippen molar-refractivity contribution in [3.05, 3.63) is 30.2 Å². The van der Waals surface area contributed by atoms with Crippen LogP contribution in [0.25, 0.3) is 11.1 Å². The third-order valence-electron chi connectivity index (χ3n) is 3.25. The summed E-state index contributed by atoms with van der Waals surface area (Å²) in [5, 5.41) is 0. The number of amides is 1. The Labute approximate surface area is 112 Å². The van der Waals surface area contributed by atoms with Gasteiger partial charge in [0.1, 0.15) is 5.52 Å². The zero-order valence-electron chi connectivity index (χ0n) is 11.5. The molecule has 0 aliphatic rings. The van der Waals surface area contributed by atoms with E-state index in [1.165, 1.54) is 6.39 Å². The molecule has 1 amide bonds. The first-order chi connectivity index (χ1) is 8.94. The molecule has 0 atom stereocenters. The van der Waals surface area contributed by atoms with Crippen molar-refractivity contribution in [1.82, 2.24) is 9.88 Å². The largest absolute Gasteiger partial charge is 0.443 e. The topological polar surface area (TPSA) is 72.4 Å². The molecule has 2 N–H and O–H groups in total. The molecule has 0 aliphatic carbocycles. The number of rotatable bonds is 4. The van der Waals surface area contributed by atoms with Gasteiger partial charge in [-0.15, -0.1) is 0 Å². The molecule has 0 spiro atoms. The second kappa shape index (κ2) is 5.01. The van der Waals surface area contributed by atoms with Gasteiger partial charge in [-0.25, -0.2) is 4.98 Å². The molecule has 0 unspecified atom stereocenters. The average molecular weight is 261 g/mol. The lowest BCUT2D eigenvalue weighted by Gasteiger charge is -2.28. The maximum Gasteiger partial charge on any atom is 0.229 e. The van der Waals surface area contributed by atoms with E-state index in [0.29, 0.717) is 13.1 Å². The zero-order chi connectivity index (χ0) is 14.0. The maximum absolute atomic E-state index is 12.2. The molecule has 0 saturated carbocycles. The minimum atomic E-state index is -0.537. The van der Waals surface area contributed by atoms with Crippen LogP contribution in [0.3, 0.4) is 0 Å². The summed E-state index contributed by atoms with van der Waals surface area (Å²) in [6, 6.07) is 5.74. The third-order valence-corrected chi connectivity index (χ3v) is 3.25. The van der Waals surface area contributed by atoms with E-state index in [2.05, 4.69) is 4.98 Å². The number of carbonyl (C=O) groups is 1. The Hall–Kier alpha value is -1.88. The van der Waals surface area contributed by atoms with Crippen LogP contribution >= 0.6 is 0 Å². The van der Waals surface area contributed by atoms with Gasteiger partial charge in [-0.3, -0.25) is 4.79 Å². The summed E-state index contributed by atoms with van der Waals surface area (Å²) in [4.78, 5) is 18.0. The predicted octanol–water partition coefficient (Wildman–Crippen LogP) is 1.77. The molecular formula is C14H19N3O2. The molecule has 5 nitrogen and oxygen atoms in total. The van der Waals surface area contributed by atoms with Crippen LogP contribution in [-0.2, 0) is 11.3 Å². The van der Waals surface area contributed by atoms with E-state index in [9.17, 15) is 4.79 Å². The van der Waals surface area contributed by atoms with Gasteiger partial charge in [0.15, 0.2) is 12.0 Å². The lowest BCUT2D eigenvalue weighted by molar-refractivity contribution is -0.139. The van der Waals surface area contributed by atoms with Gasteiger partial charge in [0.05, 0.1) is 5.41 Å². The van der Waals surface area contributed by atoms with E-state index in [1.807, 2.05) is 32.0 Å². The van der Waals surface area contributed by atoms with Crippen LogP contribution < -0.4 is 5.73 Å². The van der Waals surface area contributed by atoms with Gasteiger partial charge < -0.3 is 15.1 Å². The normalized spacial score (nSPS) is 11.8. The van der Waals surface area contributed by atoms with E-state index >= 15 is 0 Å². The van der Waals surface area contributed by atoms with E-state index in [1.54, 1.807) is 11.9 Å². The Morgan fingerprint density at radius 2 is 2.21 bits per heavy atom. The fourth-order valence-corrected chi connectivity index (χ4v) is 1.95. The Kier molecular flexibility index (Phi) is 3.57. The Morgan fingerprint density at radius 3 is 2.89 bits per heavy atom. The molecule has 0 saturated heterocycles. The SMILES string of the molecule is CN(Cc1ccc2ncoc2c1)C(=O)C(C)(C)CN. The van der Waals surface area contributed by atoms with Gasteiger partial charge in [-0.2, -0.15) is 0 Å². The van der Waals surface area contributed by atoms with Crippen molar-refractivity contribution in [3.8, 4) is 0 Å². The van der Waals surface area contributed by atoms with Gasteiger partial charge in [0, 0.05) is 20.1 Å². The monoisotopic (exact) mass is 261 g/mol. The number of oxazole rings is 1. The Balaban J connectivity index is 2.14. The first kappa shape index (κ1) is 13.5. The number of hydrogen-bond acceptors (Lipinski definition) is 4. The highest BCUT2D eigenvalue weighted by Crippen LogP contribution is 2.19. The highest BCUT2D eigenvalue weighted by Gasteiger charge is 2.28.